The number of methoxy groups -OCH3 is 1. The molecule has 0 bridgehead atoms. The number of amides is 1. The Hall–Kier alpha value is -1.52. The fraction of sp³-hybridized carbons (Fsp3) is 0.333. The van der Waals surface area contributed by atoms with E-state index in [1.165, 1.54) is 20.2 Å². The molecule has 1 amide bonds. The first kappa shape index (κ1) is 7.59. The van der Waals surface area contributed by atoms with E-state index in [-0.39, 0.29) is 11.7 Å². The maximum Gasteiger partial charge on any atom is 0.289 e. The van der Waals surface area contributed by atoms with Gasteiger partial charge in [-0.05, 0) is 5.16 Å². The van der Waals surface area contributed by atoms with Gasteiger partial charge in [-0.2, -0.15) is 0 Å². The van der Waals surface area contributed by atoms with Gasteiger partial charge in [-0.15, -0.1) is 0 Å². The van der Waals surface area contributed by atoms with Gasteiger partial charge in [0.2, 0.25) is 5.76 Å². The summed E-state index contributed by atoms with van der Waals surface area (Å²) in [5.41, 5.74) is 0. The van der Waals surface area contributed by atoms with E-state index in [9.17, 15) is 4.79 Å². The summed E-state index contributed by atoms with van der Waals surface area (Å²) in [6.07, 6.45) is 0. The lowest BCUT2D eigenvalue weighted by atomic mass is 10.4. The zero-order chi connectivity index (χ0) is 8.27. The van der Waals surface area contributed by atoms with Gasteiger partial charge in [-0.1, -0.05) is 0 Å². The topological polar surface area (TPSA) is 64.4 Å². The number of rotatable bonds is 2. The predicted molar refractivity (Wildman–Crippen MR) is 36.4 cm³/mol. The number of nitrogens with one attached hydrogen (secondary N) is 1. The first-order valence-electron chi connectivity index (χ1n) is 3.00. The molecule has 0 fully saturated rings. The number of nitrogens with zero attached hydrogens (tertiary/aromatic N) is 1. The van der Waals surface area contributed by atoms with Gasteiger partial charge in [-0.25, -0.2) is 0 Å². The highest BCUT2D eigenvalue weighted by Gasteiger charge is 2.10. The molecule has 11 heavy (non-hydrogen) atoms. The maximum atomic E-state index is 10.8. The van der Waals surface area contributed by atoms with Crippen molar-refractivity contribution in [2.45, 2.75) is 0 Å². The van der Waals surface area contributed by atoms with Crippen molar-refractivity contribution in [1.82, 2.24) is 10.5 Å². The monoisotopic (exact) mass is 156 g/mol. The van der Waals surface area contributed by atoms with Crippen LogP contribution in [0.1, 0.15) is 10.6 Å². The maximum absolute atomic E-state index is 10.8. The van der Waals surface area contributed by atoms with E-state index < -0.39 is 0 Å². The van der Waals surface area contributed by atoms with Crippen molar-refractivity contribution in [3.8, 4) is 5.88 Å². The van der Waals surface area contributed by atoms with Crippen LogP contribution in [0.2, 0.25) is 0 Å². The minimum Gasteiger partial charge on any atom is -0.479 e. The number of ether oxygens (including phenoxy) is 1. The molecular weight excluding hydrogens is 148 g/mol. The third-order valence-corrected chi connectivity index (χ3v) is 1.15. The van der Waals surface area contributed by atoms with Crippen molar-refractivity contribution < 1.29 is 14.1 Å². The van der Waals surface area contributed by atoms with E-state index in [0.29, 0.717) is 5.88 Å². The normalized spacial score (nSPS) is 9.27. The van der Waals surface area contributed by atoms with Gasteiger partial charge in [-0.3, -0.25) is 4.79 Å². The van der Waals surface area contributed by atoms with E-state index in [0.717, 1.165) is 0 Å². The van der Waals surface area contributed by atoms with Crippen LogP contribution in [0.4, 0.5) is 0 Å². The van der Waals surface area contributed by atoms with Gasteiger partial charge in [0.15, 0.2) is 0 Å². The second-order valence-electron chi connectivity index (χ2n) is 1.81. The van der Waals surface area contributed by atoms with Crippen LogP contribution >= 0.6 is 0 Å². The van der Waals surface area contributed by atoms with E-state index in [1.54, 1.807) is 0 Å². The molecule has 1 heterocycles. The van der Waals surface area contributed by atoms with Crippen molar-refractivity contribution in [2.75, 3.05) is 14.2 Å². The van der Waals surface area contributed by atoms with Crippen LogP contribution in [0, 0.1) is 0 Å². The third kappa shape index (κ3) is 1.49. The number of aromatic nitrogens is 1. The smallest absolute Gasteiger partial charge is 0.289 e. The van der Waals surface area contributed by atoms with Crippen molar-refractivity contribution in [3.63, 3.8) is 0 Å². The molecule has 1 aromatic rings. The second-order valence-corrected chi connectivity index (χ2v) is 1.81. The molecule has 0 aromatic carbocycles. The van der Waals surface area contributed by atoms with Crippen LogP contribution in [0.3, 0.4) is 0 Å². The molecule has 0 aliphatic heterocycles. The lowest BCUT2D eigenvalue weighted by Crippen LogP contribution is -2.16. The minimum atomic E-state index is -0.319. The SMILES string of the molecule is CNC(=O)c1cc(OC)no1. The summed E-state index contributed by atoms with van der Waals surface area (Å²) in [5.74, 6) is 0.119. The Bertz CT molecular complexity index is 256. The molecule has 0 radical (unpaired) electrons. The van der Waals surface area contributed by atoms with Crippen LogP contribution in [0.5, 0.6) is 5.88 Å². The summed E-state index contributed by atoms with van der Waals surface area (Å²) in [6.45, 7) is 0. The van der Waals surface area contributed by atoms with Crippen LogP contribution in [0.15, 0.2) is 10.6 Å². The highest BCUT2D eigenvalue weighted by atomic mass is 16.5. The van der Waals surface area contributed by atoms with Gasteiger partial charge >= 0.3 is 0 Å². The van der Waals surface area contributed by atoms with Gasteiger partial charge in [0.25, 0.3) is 11.8 Å². The molecule has 60 valence electrons. The minimum absolute atomic E-state index is 0.143. The van der Waals surface area contributed by atoms with Crippen LogP contribution in [-0.4, -0.2) is 25.2 Å². The van der Waals surface area contributed by atoms with Crippen LogP contribution < -0.4 is 10.1 Å². The van der Waals surface area contributed by atoms with Crippen LogP contribution in [0.25, 0.3) is 0 Å². The first-order valence-corrected chi connectivity index (χ1v) is 3.00. The third-order valence-electron chi connectivity index (χ3n) is 1.15. The van der Waals surface area contributed by atoms with Gasteiger partial charge in [0.05, 0.1) is 13.2 Å². The zero-order valence-corrected chi connectivity index (χ0v) is 6.25. The lowest BCUT2D eigenvalue weighted by Gasteiger charge is -1.88. The molecule has 1 N–H and O–H groups in total. The molecule has 0 aliphatic carbocycles. The van der Waals surface area contributed by atoms with Crippen molar-refractivity contribution >= 4 is 5.91 Å². The average molecular weight is 156 g/mol. The van der Waals surface area contributed by atoms with E-state index >= 15 is 0 Å². The number of hydrogen-bond donors (Lipinski definition) is 1. The van der Waals surface area contributed by atoms with E-state index in [2.05, 4.69) is 15.0 Å². The van der Waals surface area contributed by atoms with Gasteiger partial charge in [0.1, 0.15) is 0 Å². The van der Waals surface area contributed by atoms with Crippen molar-refractivity contribution in [1.29, 1.82) is 0 Å². The van der Waals surface area contributed by atoms with Crippen LogP contribution in [-0.2, 0) is 0 Å². The average Bonchev–Trinajstić information content (AvgIpc) is 2.50. The number of hydrogen-bond acceptors (Lipinski definition) is 4. The molecule has 5 nitrogen and oxygen atoms in total. The first-order chi connectivity index (χ1) is 5.27. The Kier molecular flexibility index (Phi) is 2.10. The summed E-state index contributed by atoms with van der Waals surface area (Å²) < 4.78 is 9.33. The molecule has 0 unspecified atom stereocenters. The molecule has 1 aromatic heterocycles. The molecule has 5 heteroatoms. The zero-order valence-electron chi connectivity index (χ0n) is 6.25. The van der Waals surface area contributed by atoms with Gasteiger partial charge < -0.3 is 14.6 Å². The quantitative estimate of drug-likeness (QED) is 0.656. The summed E-state index contributed by atoms with van der Waals surface area (Å²) in [6, 6.07) is 1.42. The highest BCUT2D eigenvalue weighted by Crippen LogP contribution is 2.09. The van der Waals surface area contributed by atoms with Crippen molar-refractivity contribution in [3.05, 3.63) is 11.8 Å². The molecule has 1 rings (SSSR count). The Labute approximate surface area is 63.3 Å². The van der Waals surface area contributed by atoms with Crippen molar-refractivity contribution in [2.24, 2.45) is 0 Å². The summed E-state index contributed by atoms with van der Waals surface area (Å²) in [7, 11) is 2.96. The molecular formula is C6H8N2O3. The fourth-order valence-corrected chi connectivity index (χ4v) is 0.585. The Balaban J connectivity index is 2.80. The number of carbonyl (C=O) groups excluding carboxylic acids is 1. The summed E-state index contributed by atoms with van der Waals surface area (Å²) >= 11 is 0. The molecule has 0 saturated heterocycles. The Morgan fingerprint density at radius 3 is 3.00 bits per heavy atom. The fourth-order valence-electron chi connectivity index (χ4n) is 0.585. The Morgan fingerprint density at radius 2 is 2.55 bits per heavy atom. The molecule has 0 aliphatic rings. The summed E-state index contributed by atoms with van der Waals surface area (Å²) in [5, 5.41) is 5.84. The second kappa shape index (κ2) is 3.05. The standard InChI is InChI=1S/C6H8N2O3/c1-7-6(9)4-3-5(10-2)8-11-4/h3H,1-2H3,(H,7,9). The Morgan fingerprint density at radius 1 is 1.82 bits per heavy atom. The lowest BCUT2D eigenvalue weighted by molar-refractivity contribution is 0.0926. The predicted octanol–water partition coefficient (Wildman–Crippen LogP) is 0.0428. The highest BCUT2D eigenvalue weighted by molar-refractivity contribution is 5.91. The van der Waals surface area contributed by atoms with Gasteiger partial charge in [0, 0.05) is 7.05 Å². The van der Waals surface area contributed by atoms with E-state index in [1.807, 2.05) is 0 Å². The number of carbonyl (C=O) groups is 1. The molecule has 0 spiro atoms. The molecule has 0 atom stereocenters. The van der Waals surface area contributed by atoms with E-state index in [4.69, 9.17) is 4.74 Å². The largest absolute Gasteiger partial charge is 0.479 e. The molecule has 0 saturated carbocycles. The summed E-state index contributed by atoms with van der Waals surface area (Å²) in [4.78, 5) is 10.8.